The van der Waals surface area contributed by atoms with Gasteiger partial charge in [0.2, 0.25) is 0 Å². The SMILES string of the molecule is CC(C)(C=O)[C@@H](O)c1ccc(F)cc1. The van der Waals surface area contributed by atoms with Crippen LogP contribution in [0.25, 0.3) is 0 Å². The standard InChI is InChI=1S/C11H13FO2/c1-11(2,7-13)10(14)8-3-5-9(12)6-4-8/h3-7,10,14H,1-2H3/t10-/m0/s1. The molecule has 0 saturated carbocycles. The van der Waals surface area contributed by atoms with Crippen LogP contribution in [-0.2, 0) is 4.79 Å². The van der Waals surface area contributed by atoms with Crippen molar-refractivity contribution in [2.45, 2.75) is 20.0 Å². The molecule has 0 aliphatic heterocycles. The summed E-state index contributed by atoms with van der Waals surface area (Å²) < 4.78 is 12.6. The average Bonchev–Trinajstić information content (AvgIpc) is 2.18. The smallest absolute Gasteiger partial charge is 0.128 e. The summed E-state index contributed by atoms with van der Waals surface area (Å²) in [5.41, 5.74) is -0.304. The van der Waals surface area contributed by atoms with Crippen molar-refractivity contribution in [3.8, 4) is 0 Å². The highest BCUT2D eigenvalue weighted by atomic mass is 19.1. The third-order valence-electron chi connectivity index (χ3n) is 2.19. The zero-order valence-electron chi connectivity index (χ0n) is 8.20. The molecule has 0 radical (unpaired) electrons. The van der Waals surface area contributed by atoms with Crippen LogP contribution in [0.15, 0.2) is 24.3 Å². The molecule has 1 N–H and O–H groups in total. The maximum absolute atomic E-state index is 12.6. The zero-order valence-corrected chi connectivity index (χ0v) is 8.20. The van der Waals surface area contributed by atoms with Gasteiger partial charge in [0, 0.05) is 0 Å². The van der Waals surface area contributed by atoms with Gasteiger partial charge in [0.15, 0.2) is 0 Å². The van der Waals surface area contributed by atoms with Crippen LogP contribution in [0.4, 0.5) is 4.39 Å². The van der Waals surface area contributed by atoms with E-state index in [1.165, 1.54) is 24.3 Å². The fourth-order valence-corrected chi connectivity index (χ4v) is 1.14. The summed E-state index contributed by atoms with van der Waals surface area (Å²) in [7, 11) is 0. The molecule has 0 aliphatic carbocycles. The minimum atomic E-state index is -0.902. The van der Waals surface area contributed by atoms with E-state index in [0.29, 0.717) is 11.8 Å². The first-order chi connectivity index (χ1) is 6.47. The van der Waals surface area contributed by atoms with E-state index in [2.05, 4.69) is 0 Å². The molecule has 0 spiro atoms. The Bertz CT molecular complexity index is 317. The molecular formula is C11H13FO2. The van der Waals surface area contributed by atoms with E-state index in [4.69, 9.17) is 0 Å². The highest BCUT2D eigenvalue weighted by Crippen LogP contribution is 2.30. The van der Waals surface area contributed by atoms with Crippen molar-refractivity contribution >= 4 is 6.29 Å². The minimum absolute atomic E-state index is 0.357. The second kappa shape index (κ2) is 3.88. The molecule has 1 aromatic rings. The molecule has 0 unspecified atom stereocenters. The highest BCUT2D eigenvalue weighted by Gasteiger charge is 2.28. The molecule has 0 fully saturated rings. The van der Waals surface area contributed by atoms with E-state index in [1.54, 1.807) is 13.8 Å². The van der Waals surface area contributed by atoms with Gasteiger partial charge in [-0.3, -0.25) is 0 Å². The van der Waals surface area contributed by atoms with E-state index in [9.17, 15) is 14.3 Å². The first-order valence-electron chi connectivity index (χ1n) is 4.37. The molecule has 0 heterocycles. The average molecular weight is 196 g/mol. The first-order valence-corrected chi connectivity index (χ1v) is 4.37. The summed E-state index contributed by atoms with van der Waals surface area (Å²) in [6, 6.07) is 5.48. The molecule has 0 aliphatic rings. The first kappa shape index (κ1) is 10.9. The van der Waals surface area contributed by atoms with Crippen LogP contribution in [0.5, 0.6) is 0 Å². The summed E-state index contributed by atoms with van der Waals surface area (Å²) >= 11 is 0. The van der Waals surface area contributed by atoms with Crippen molar-refractivity contribution in [1.82, 2.24) is 0 Å². The van der Waals surface area contributed by atoms with Gasteiger partial charge in [-0.05, 0) is 17.7 Å². The quantitative estimate of drug-likeness (QED) is 0.751. The fourth-order valence-electron chi connectivity index (χ4n) is 1.14. The van der Waals surface area contributed by atoms with Gasteiger partial charge in [-0.15, -0.1) is 0 Å². The van der Waals surface area contributed by atoms with Gasteiger partial charge in [0.25, 0.3) is 0 Å². The van der Waals surface area contributed by atoms with Crippen molar-refractivity contribution in [2.75, 3.05) is 0 Å². The Morgan fingerprint density at radius 1 is 1.36 bits per heavy atom. The van der Waals surface area contributed by atoms with Crippen LogP contribution in [0, 0.1) is 11.2 Å². The molecule has 2 nitrogen and oxygen atoms in total. The molecule has 14 heavy (non-hydrogen) atoms. The maximum Gasteiger partial charge on any atom is 0.128 e. The van der Waals surface area contributed by atoms with E-state index in [-0.39, 0.29) is 5.82 Å². The number of aldehydes is 1. The lowest BCUT2D eigenvalue weighted by Crippen LogP contribution is -2.23. The summed E-state index contributed by atoms with van der Waals surface area (Å²) in [6.45, 7) is 3.27. The number of halogens is 1. The minimum Gasteiger partial charge on any atom is -0.387 e. The van der Waals surface area contributed by atoms with E-state index < -0.39 is 11.5 Å². The molecule has 0 saturated heterocycles. The lowest BCUT2D eigenvalue weighted by molar-refractivity contribution is -0.120. The number of aliphatic hydroxyl groups excluding tert-OH is 1. The van der Waals surface area contributed by atoms with Gasteiger partial charge >= 0.3 is 0 Å². The number of hydrogen-bond donors (Lipinski definition) is 1. The Balaban J connectivity index is 2.95. The zero-order chi connectivity index (χ0) is 10.8. The van der Waals surface area contributed by atoms with Gasteiger partial charge in [-0.2, -0.15) is 0 Å². The Hall–Kier alpha value is -1.22. The fraction of sp³-hybridized carbons (Fsp3) is 0.364. The molecule has 0 aromatic heterocycles. The Labute approximate surface area is 82.4 Å². The largest absolute Gasteiger partial charge is 0.387 e. The second-order valence-electron chi connectivity index (χ2n) is 3.89. The maximum atomic E-state index is 12.6. The lowest BCUT2D eigenvalue weighted by Gasteiger charge is -2.24. The van der Waals surface area contributed by atoms with Crippen molar-refractivity contribution in [3.05, 3.63) is 35.6 Å². The number of carbonyl (C=O) groups excluding carboxylic acids is 1. The highest BCUT2D eigenvalue weighted by molar-refractivity contribution is 5.59. The molecule has 3 heteroatoms. The summed E-state index contributed by atoms with van der Waals surface area (Å²) in [4.78, 5) is 10.7. The molecule has 1 rings (SSSR count). The van der Waals surface area contributed by atoms with E-state index in [0.717, 1.165) is 0 Å². The third kappa shape index (κ3) is 2.17. The summed E-state index contributed by atoms with van der Waals surface area (Å²) in [5.74, 6) is -0.357. The van der Waals surface area contributed by atoms with Crippen LogP contribution < -0.4 is 0 Å². The molecular weight excluding hydrogens is 183 g/mol. The van der Waals surface area contributed by atoms with Crippen LogP contribution in [0.2, 0.25) is 0 Å². The van der Waals surface area contributed by atoms with Crippen molar-refractivity contribution in [1.29, 1.82) is 0 Å². The number of hydrogen-bond acceptors (Lipinski definition) is 2. The van der Waals surface area contributed by atoms with Gasteiger partial charge in [-0.1, -0.05) is 26.0 Å². The third-order valence-corrected chi connectivity index (χ3v) is 2.19. The van der Waals surface area contributed by atoms with Crippen molar-refractivity contribution in [3.63, 3.8) is 0 Å². The molecule has 0 amide bonds. The Kier molecular flexibility index (Phi) is 3.01. The van der Waals surface area contributed by atoms with E-state index in [1.807, 2.05) is 0 Å². The lowest BCUT2D eigenvalue weighted by atomic mass is 9.84. The van der Waals surface area contributed by atoms with Gasteiger partial charge < -0.3 is 9.90 Å². The van der Waals surface area contributed by atoms with Crippen molar-refractivity contribution in [2.24, 2.45) is 5.41 Å². The van der Waals surface area contributed by atoms with Crippen LogP contribution >= 0.6 is 0 Å². The van der Waals surface area contributed by atoms with Gasteiger partial charge in [0.05, 0.1) is 11.5 Å². The molecule has 1 atom stereocenters. The topological polar surface area (TPSA) is 37.3 Å². The normalized spacial score (nSPS) is 13.7. The number of benzene rings is 1. The van der Waals surface area contributed by atoms with Gasteiger partial charge in [-0.25, -0.2) is 4.39 Å². The monoisotopic (exact) mass is 196 g/mol. The second-order valence-corrected chi connectivity index (χ2v) is 3.89. The van der Waals surface area contributed by atoms with Gasteiger partial charge in [0.1, 0.15) is 12.1 Å². The number of aliphatic hydroxyl groups is 1. The van der Waals surface area contributed by atoms with Crippen LogP contribution in [0.3, 0.4) is 0 Å². The summed E-state index contributed by atoms with van der Waals surface area (Å²) in [5, 5.41) is 9.79. The summed E-state index contributed by atoms with van der Waals surface area (Å²) in [6.07, 6.45) is -0.207. The van der Waals surface area contributed by atoms with Crippen LogP contribution in [-0.4, -0.2) is 11.4 Å². The predicted molar refractivity (Wildman–Crippen MR) is 51.2 cm³/mol. The molecule has 0 bridgehead atoms. The number of carbonyl (C=O) groups is 1. The Morgan fingerprint density at radius 2 is 1.86 bits per heavy atom. The Morgan fingerprint density at radius 3 is 2.29 bits per heavy atom. The predicted octanol–water partition coefficient (Wildman–Crippen LogP) is 2.08. The number of rotatable bonds is 3. The van der Waals surface area contributed by atoms with Crippen LogP contribution in [0.1, 0.15) is 25.5 Å². The van der Waals surface area contributed by atoms with E-state index >= 15 is 0 Å². The molecule has 76 valence electrons. The molecule has 1 aromatic carbocycles. The van der Waals surface area contributed by atoms with Crippen molar-refractivity contribution < 1.29 is 14.3 Å².